The minimum absolute atomic E-state index is 0.0519. The Morgan fingerprint density at radius 2 is 1.81 bits per heavy atom. The molecule has 1 heterocycles. The molecule has 114 valence electrons. The van der Waals surface area contributed by atoms with E-state index in [0.29, 0.717) is 12.1 Å². The van der Waals surface area contributed by atoms with Gasteiger partial charge in [-0.15, -0.1) is 0 Å². The number of nitrogens with zero attached hydrogens (tertiary/aromatic N) is 1. The lowest BCUT2D eigenvalue weighted by Crippen LogP contribution is -2.44. The van der Waals surface area contributed by atoms with Crippen LogP contribution >= 0.6 is 0 Å². The fraction of sp³-hybridized carbons (Fsp3) is 0.385. The molecule has 5 nitrogen and oxygen atoms in total. The van der Waals surface area contributed by atoms with Gasteiger partial charge in [-0.3, -0.25) is 9.59 Å². The van der Waals surface area contributed by atoms with Crippen LogP contribution in [0.1, 0.15) is 10.4 Å². The number of halogens is 3. The van der Waals surface area contributed by atoms with Gasteiger partial charge in [0.2, 0.25) is 0 Å². The number of carbonyl (C=O) groups excluding carboxylic acids is 1. The molecule has 0 bridgehead atoms. The number of benzene rings is 1. The molecule has 1 aliphatic rings. The van der Waals surface area contributed by atoms with Crippen LogP contribution in [0.3, 0.4) is 0 Å². The summed E-state index contributed by atoms with van der Waals surface area (Å²) < 4.78 is 45.0. The third-order valence-electron chi connectivity index (χ3n) is 3.41. The summed E-state index contributed by atoms with van der Waals surface area (Å²) in [4.78, 5) is 24.1. The van der Waals surface area contributed by atoms with E-state index < -0.39 is 46.9 Å². The number of ether oxygens (including phenoxy) is 1. The van der Waals surface area contributed by atoms with Crippen LogP contribution in [0.2, 0.25) is 0 Å². The first-order valence-electron chi connectivity index (χ1n) is 6.05. The zero-order chi connectivity index (χ0) is 15.7. The lowest BCUT2D eigenvalue weighted by Gasteiger charge is -2.26. The average Bonchev–Trinajstić information content (AvgIpc) is 2.85. The lowest BCUT2D eigenvalue weighted by atomic mass is 10.0. The van der Waals surface area contributed by atoms with E-state index in [0.717, 1.165) is 4.90 Å². The predicted octanol–water partition coefficient (Wildman–Crippen LogP) is 1.28. The van der Waals surface area contributed by atoms with Crippen LogP contribution in [0.4, 0.5) is 13.2 Å². The summed E-state index contributed by atoms with van der Waals surface area (Å²) in [6, 6.07) is -0.0626. The van der Waals surface area contributed by atoms with Gasteiger partial charge in [0.1, 0.15) is 28.9 Å². The zero-order valence-corrected chi connectivity index (χ0v) is 11.0. The quantitative estimate of drug-likeness (QED) is 0.913. The molecule has 1 aliphatic heterocycles. The molecule has 1 aromatic rings. The van der Waals surface area contributed by atoms with Gasteiger partial charge in [0.25, 0.3) is 5.91 Å². The largest absolute Gasteiger partial charge is 0.481 e. The van der Waals surface area contributed by atoms with E-state index in [1.807, 2.05) is 0 Å². The second-order valence-electron chi connectivity index (χ2n) is 4.71. The number of aliphatic carboxylic acids is 1. The molecule has 2 rings (SSSR count). The van der Waals surface area contributed by atoms with Gasteiger partial charge < -0.3 is 14.7 Å². The van der Waals surface area contributed by atoms with Gasteiger partial charge >= 0.3 is 5.97 Å². The van der Waals surface area contributed by atoms with Gasteiger partial charge in [-0.25, -0.2) is 13.2 Å². The van der Waals surface area contributed by atoms with Crippen molar-refractivity contribution in [2.24, 2.45) is 5.92 Å². The molecule has 2 unspecified atom stereocenters. The Kier molecular flexibility index (Phi) is 4.17. The van der Waals surface area contributed by atoms with E-state index in [-0.39, 0.29) is 13.2 Å². The Bertz CT molecular complexity index is 570. The molecule has 0 aromatic heterocycles. The van der Waals surface area contributed by atoms with Crippen LogP contribution in [0.5, 0.6) is 0 Å². The van der Waals surface area contributed by atoms with Crippen LogP contribution in [-0.4, -0.2) is 48.2 Å². The minimum atomic E-state index is -1.34. The summed E-state index contributed by atoms with van der Waals surface area (Å²) in [7, 11) is 1.22. The first-order chi connectivity index (χ1) is 9.82. The number of carboxylic acids is 1. The summed E-state index contributed by atoms with van der Waals surface area (Å²) in [5.41, 5.74) is -0.921. The fourth-order valence-corrected chi connectivity index (χ4v) is 2.23. The number of carboxylic acid groups (broad SMARTS) is 1. The van der Waals surface area contributed by atoms with Gasteiger partial charge in [0, 0.05) is 19.2 Å². The van der Waals surface area contributed by atoms with E-state index in [4.69, 9.17) is 9.84 Å². The van der Waals surface area contributed by atoms with Gasteiger partial charge in [0.15, 0.2) is 0 Å². The summed E-state index contributed by atoms with van der Waals surface area (Å²) in [5, 5.41) is 9.01. The van der Waals surface area contributed by atoms with Gasteiger partial charge in [-0.1, -0.05) is 0 Å². The molecule has 1 saturated heterocycles. The van der Waals surface area contributed by atoms with Crippen molar-refractivity contribution in [2.45, 2.75) is 6.04 Å². The highest BCUT2D eigenvalue weighted by molar-refractivity contribution is 5.95. The molecule has 0 spiro atoms. The Morgan fingerprint density at radius 3 is 2.33 bits per heavy atom. The van der Waals surface area contributed by atoms with Crippen LogP contribution in [0.15, 0.2) is 12.1 Å². The maximum atomic E-state index is 13.6. The highest BCUT2D eigenvalue weighted by atomic mass is 19.1. The summed E-state index contributed by atoms with van der Waals surface area (Å²) in [6.07, 6.45) is 0. The van der Waals surface area contributed by atoms with Gasteiger partial charge in [-0.05, 0) is 0 Å². The number of hydrogen-bond acceptors (Lipinski definition) is 3. The van der Waals surface area contributed by atoms with Crippen molar-refractivity contribution in [2.75, 3.05) is 20.3 Å². The van der Waals surface area contributed by atoms with Crippen molar-refractivity contribution in [1.82, 2.24) is 4.90 Å². The molecular formula is C13H12F3NO4. The molecule has 0 radical (unpaired) electrons. The summed E-state index contributed by atoms with van der Waals surface area (Å²) in [6.45, 7) is -0.143. The van der Waals surface area contributed by atoms with Crippen LogP contribution in [0.25, 0.3) is 0 Å². The predicted molar refractivity (Wildman–Crippen MR) is 64.1 cm³/mol. The second kappa shape index (κ2) is 5.72. The number of carbonyl (C=O) groups is 2. The molecule has 8 heteroatoms. The zero-order valence-electron chi connectivity index (χ0n) is 11.0. The summed E-state index contributed by atoms with van der Waals surface area (Å²) in [5.74, 6) is -7.03. The van der Waals surface area contributed by atoms with Gasteiger partial charge in [0.05, 0.1) is 19.3 Å². The minimum Gasteiger partial charge on any atom is -0.481 e. The van der Waals surface area contributed by atoms with E-state index >= 15 is 0 Å². The smallest absolute Gasteiger partial charge is 0.311 e. The monoisotopic (exact) mass is 303 g/mol. The molecule has 0 aliphatic carbocycles. The average molecular weight is 303 g/mol. The molecule has 1 amide bonds. The highest BCUT2D eigenvalue weighted by Gasteiger charge is 2.39. The van der Waals surface area contributed by atoms with E-state index in [9.17, 15) is 22.8 Å². The van der Waals surface area contributed by atoms with Crippen molar-refractivity contribution in [3.05, 3.63) is 35.1 Å². The molecule has 2 atom stereocenters. The molecular weight excluding hydrogens is 291 g/mol. The molecule has 1 fully saturated rings. The Morgan fingerprint density at radius 1 is 1.24 bits per heavy atom. The third kappa shape index (κ3) is 2.85. The normalized spacial score (nSPS) is 21.3. The van der Waals surface area contributed by atoms with Crippen molar-refractivity contribution in [1.29, 1.82) is 0 Å². The Hall–Kier alpha value is -2.09. The number of hydrogen-bond donors (Lipinski definition) is 1. The Balaban J connectivity index is 2.30. The number of likely N-dealkylation sites (N-methyl/N-ethyl adjacent to an activating group) is 1. The molecule has 1 aromatic carbocycles. The van der Waals surface area contributed by atoms with Gasteiger partial charge in [-0.2, -0.15) is 0 Å². The van der Waals surface area contributed by atoms with E-state index in [1.54, 1.807) is 0 Å². The molecule has 1 N–H and O–H groups in total. The Labute approximate surface area is 117 Å². The van der Waals surface area contributed by atoms with Crippen molar-refractivity contribution in [3.63, 3.8) is 0 Å². The van der Waals surface area contributed by atoms with Crippen LogP contribution in [-0.2, 0) is 9.53 Å². The first-order valence-corrected chi connectivity index (χ1v) is 6.05. The maximum Gasteiger partial charge on any atom is 0.311 e. The first kappa shape index (κ1) is 15.3. The fourth-order valence-electron chi connectivity index (χ4n) is 2.23. The topological polar surface area (TPSA) is 66.8 Å². The highest BCUT2D eigenvalue weighted by Crippen LogP contribution is 2.23. The van der Waals surface area contributed by atoms with Crippen molar-refractivity contribution < 1.29 is 32.6 Å². The van der Waals surface area contributed by atoms with Crippen molar-refractivity contribution in [3.8, 4) is 0 Å². The summed E-state index contributed by atoms with van der Waals surface area (Å²) >= 11 is 0. The SMILES string of the molecule is CN(C(=O)c1c(F)cc(F)cc1F)C1COCC1C(=O)O. The van der Waals surface area contributed by atoms with Crippen LogP contribution < -0.4 is 0 Å². The standard InChI is InChI=1S/C13H12F3NO4/c1-17(10-5-21-4-7(10)13(19)20)12(18)11-8(15)2-6(14)3-9(11)16/h2-3,7,10H,4-5H2,1H3,(H,19,20). The number of amides is 1. The van der Waals surface area contributed by atoms with Crippen LogP contribution in [0, 0.1) is 23.4 Å². The number of rotatable bonds is 3. The van der Waals surface area contributed by atoms with E-state index in [1.165, 1.54) is 7.05 Å². The maximum absolute atomic E-state index is 13.6. The lowest BCUT2D eigenvalue weighted by molar-refractivity contribution is -0.142. The van der Waals surface area contributed by atoms with Crippen molar-refractivity contribution >= 4 is 11.9 Å². The molecule has 0 saturated carbocycles. The van der Waals surface area contributed by atoms with E-state index in [2.05, 4.69) is 0 Å². The molecule has 21 heavy (non-hydrogen) atoms. The second-order valence-corrected chi connectivity index (χ2v) is 4.71. The third-order valence-corrected chi connectivity index (χ3v) is 3.41.